The van der Waals surface area contributed by atoms with Crippen LogP contribution >= 0.6 is 0 Å². The fourth-order valence-corrected chi connectivity index (χ4v) is 1.80. The third-order valence-corrected chi connectivity index (χ3v) is 2.63. The summed E-state index contributed by atoms with van der Waals surface area (Å²) >= 11 is 0. The van der Waals surface area contributed by atoms with Crippen molar-refractivity contribution in [2.45, 2.75) is 6.18 Å². The van der Waals surface area contributed by atoms with E-state index in [0.29, 0.717) is 16.4 Å². The molecule has 0 N–H and O–H groups in total. The Bertz CT molecular complexity index is 528. The SMILES string of the molecule is C=CCN(CC(F)(F)F)C(=O)c1ccc2c(c1)OCO2. The first-order chi connectivity index (χ1) is 9.40. The Kier molecular flexibility index (Phi) is 3.87. The molecule has 7 heteroatoms. The van der Waals surface area contributed by atoms with Crippen LogP contribution in [-0.2, 0) is 0 Å². The highest BCUT2D eigenvalue weighted by molar-refractivity contribution is 5.95. The van der Waals surface area contributed by atoms with Crippen LogP contribution in [0.2, 0.25) is 0 Å². The normalized spacial score (nSPS) is 13.2. The summed E-state index contributed by atoms with van der Waals surface area (Å²) in [5.41, 5.74) is 0.111. The van der Waals surface area contributed by atoms with Crippen LogP contribution in [0.4, 0.5) is 13.2 Å². The van der Waals surface area contributed by atoms with Gasteiger partial charge in [-0.2, -0.15) is 13.2 Å². The number of benzene rings is 1. The van der Waals surface area contributed by atoms with Gasteiger partial charge < -0.3 is 14.4 Å². The van der Waals surface area contributed by atoms with Crippen molar-refractivity contribution in [2.75, 3.05) is 19.9 Å². The van der Waals surface area contributed by atoms with Gasteiger partial charge in [-0.1, -0.05) is 6.08 Å². The van der Waals surface area contributed by atoms with E-state index in [4.69, 9.17) is 9.47 Å². The lowest BCUT2D eigenvalue weighted by Gasteiger charge is -2.22. The third-order valence-electron chi connectivity index (χ3n) is 2.63. The molecule has 1 aliphatic rings. The monoisotopic (exact) mass is 287 g/mol. The smallest absolute Gasteiger partial charge is 0.406 e. The van der Waals surface area contributed by atoms with Crippen molar-refractivity contribution in [1.29, 1.82) is 0 Å². The minimum atomic E-state index is -4.46. The molecule has 2 rings (SSSR count). The molecule has 0 saturated carbocycles. The second kappa shape index (κ2) is 5.44. The van der Waals surface area contributed by atoms with Crippen molar-refractivity contribution >= 4 is 5.91 Å². The fraction of sp³-hybridized carbons (Fsp3) is 0.308. The number of carbonyl (C=O) groups is 1. The maximum absolute atomic E-state index is 12.5. The van der Waals surface area contributed by atoms with Crippen LogP contribution in [0.5, 0.6) is 11.5 Å². The van der Waals surface area contributed by atoms with Crippen LogP contribution < -0.4 is 9.47 Å². The van der Waals surface area contributed by atoms with E-state index in [1.165, 1.54) is 24.3 Å². The van der Waals surface area contributed by atoms with Crippen molar-refractivity contribution in [3.8, 4) is 11.5 Å². The Morgan fingerprint density at radius 1 is 1.35 bits per heavy atom. The van der Waals surface area contributed by atoms with E-state index in [-0.39, 0.29) is 18.9 Å². The second-order valence-electron chi connectivity index (χ2n) is 4.16. The number of nitrogens with zero attached hydrogens (tertiary/aromatic N) is 1. The van der Waals surface area contributed by atoms with Crippen molar-refractivity contribution in [2.24, 2.45) is 0 Å². The molecule has 0 fully saturated rings. The van der Waals surface area contributed by atoms with E-state index >= 15 is 0 Å². The molecule has 0 atom stereocenters. The molecule has 1 amide bonds. The van der Waals surface area contributed by atoms with Crippen molar-refractivity contribution in [3.05, 3.63) is 36.4 Å². The van der Waals surface area contributed by atoms with Crippen molar-refractivity contribution < 1.29 is 27.4 Å². The summed E-state index contributed by atoms with van der Waals surface area (Å²) in [5, 5.41) is 0. The van der Waals surface area contributed by atoms with Crippen LogP contribution in [0, 0.1) is 0 Å². The first kappa shape index (κ1) is 14.2. The number of hydrogen-bond donors (Lipinski definition) is 0. The van der Waals surface area contributed by atoms with Crippen LogP contribution in [0.15, 0.2) is 30.9 Å². The molecule has 1 aliphatic heterocycles. The van der Waals surface area contributed by atoms with Gasteiger partial charge in [0.2, 0.25) is 6.79 Å². The second-order valence-corrected chi connectivity index (χ2v) is 4.16. The minimum Gasteiger partial charge on any atom is -0.454 e. The summed E-state index contributed by atoms with van der Waals surface area (Å²) in [6.45, 7) is 1.88. The standard InChI is InChI=1S/C13H12F3NO3/c1-2-5-17(7-13(14,15)16)12(18)9-3-4-10-11(6-9)20-8-19-10/h2-4,6H,1,5,7-8H2. The summed E-state index contributed by atoms with van der Waals surface area (Å²) in [4.78, 5) is 12.8. The van der Waals surface area contributed by atoms with Gasteiger partial charge in [0.1, 0.15) is 6.54 Å². The maximum atomic E-state index is 12.5. The Labute approximate surface area is 113 Å². The van der Waals surface area contributed by atoms with Gasteiger partial charge in [-0.15, -0.1) is 6.58 Å². The number of rotatable bonds is 4. The molecule has 0 saturated heterocycles. The van der Waals surface area contributed by atoms with Gasteiger partial charge in [0.05, 0.1) is 0 Å². The summed E-state index contributed by atoms with van der Waals surface area (Å²) in [6.07, 6.45) is -3.22. The van der Waals surface area contributed by atoms with Crippen LogP contribution in [0.25, 0.3) is 0 Å². The average Bonchev–Trinajstić information content (AvgIpc) is 2.83. The Hall–Kier alpha value is -2.18. The van der Waals surface area contributed by atoms with E-state index in [0.717, 1.165) is 0 Å². The zero-order chi connectivity index (χ0) is 14.8. The van der Waals surface area contributed by atoms with Gasteiger partial charge in [0, 0.05) is 12.1 Å². The number of alkyl halides is 3. The molecule has 108 valence electrons. The van der Waals surface area contributed by atoms with E-state index < -0.39 is 18.6 Å². The molecule has 0 radical (unpaired) electrons. The first-order valence-electron chi connectivity index (χ1n) is 5.77. The summed E-state index contributed by atoms with van der Waals surface area (Å²) in [7, 11) is 0. The van der Waals surface area contributed by atoms with E-state index in [9.17, 15) is 18.0 Å². The Morgan fingerprint density at radius 2 is 2.05 bits per heavy atom. The third kappa shape index (κ3) is 3.23. The van der Waals surface area contributed by atoms with Crippen LogP contribution in [-0.4, -0.2) is 36.9 Å². The molecule has 0 bridgehead atoms. The van der Waals surface area contributed by atoms with E-state index in [2.05, 4.69) is 6.58 Å². The molecule has 0 spiro atoms. The number of halogens is 3. The number of fused-ring (bicyclic) bond motifs is 1. The topological polar surface area (TPSA) is 38.8 Å². The minimum absolute atomic E-state index is 0.0336. The van der Waals surface area contributed by atoms with Crippen molar-refractivity contribution in [1.82, 2.24) is 4.90 Å². The highest BCUT2D eigenvalue weighted by atomic mass is 19.4. The van der Waals surface area contributed by atoms with Gasteiger partial charge in [-0.3, -0.25) is 4.79 Å². The van der Waals surface area contributed by atoms with Gasteiger partial charge in [-0.05, 0) is 18.2 Å². The quantitative estimate of drug-likeness (QED) is 0.799. The molecule has 1 aromatic carbocycles. The molecule has 4 nitrogen and oxygen atoms in total. The molecular weight excluding hydrogens is 275 g/mol. The lowest BCUT2D eigenvalue weighted by Crippen LogP contribution is -2.39. The predicted molar refractivity (Wildman–Crippen MR) is 64.7 cm³/mol. The summed E-state index contributed by atoms with van der Waals surface area (Å²) in [6, 6.07) is 4.27. The molecule has 1 heterocycles. The predicted octanol–water partition coefficient (Wildman–Crippen LogP) is 2.61. The molecule has 20 heavy (non-hydrogen) atoms. The van der Waals surface area contributed by atoms with Gasteiger partial charge in [-0.25, -0.2) is 0 Å². The average molecular weight is 287 g/mol. The first-order valence-corrected chi connectivity index (χ1v) is 5.77. The number of ether oxygens (including phenoxy) is 2. The Morgan fingerprint density at radius 3 is 2.70 bits per heavy atom. The molecule has 0 unspecified atom stereocenters. The fourth-order valence-electron chi connectivity index (χ4n) is 1.80. The zero-order valence-electron chi connectivity index (χ0n) is 10.4. The van der Waals surface area contributed by atoms with Gasteiger partial charge in [0.25, 0.3) is 5.91 Å². The number of amides is 1. The highest BCUT2D eigenvalue weighted by Gasteiger charge is 2.33. The highest BCUT2D eigenvalue weighted by Crippen LogP contribution is 2.33. The molecular formula is C13H12F3NO3. The van der Waals surface area contributed by atoms with E-state index in [1.54, 1.807) is 0 Å². The number of carbonyl (C=O) groups excluding carboxylic acids is 1. The molecule has 0 aliphatic carbocycles. The number of hydrogen-bond acceptors (Lipinski definition) is 3. The lowest BCUT2D eigenvalue weighted by atomic mass is 10.1. The van der Waals surface area contributed by atoms with Crippen LogP contribution in [0.1, 0.15) is 10.4 Å². The van der Waals surface area contributed by atoms with Gasteiger partial charge >= 0.3 is 6.18 Å². The lowest BCUT2D eigenvalue weighted by molar-refractivity contribution is -0.139. The van der Waals surface area contributed by atoms with Crippen molar-refractivity contribution in [3.63, 3.8) is 0 Å². The Balaban J connectivity index is 2.20. The zero-order valence-corrected chi connectivity index (χ0v) is 10.4. The summed E-state index contributed by atoms with van der Waals surface area (Å²) < 4.78 is 47.5. The van der Waals surface area contributed by atoms with E-state index in [1.807, 2.05) is 0 Å². The largest absolute Gasteiger partial charge is 0.454 e. The molecule has 0 aromatic heterocycles. The summed E-state index contributed by atoms with van der Waals surface area (Å²) in [5.74, 6) is 0.0783. The van der Waals surface area contributed by atoms with Gasteiger partial charge in [0.15, 0.2) is 11.5 Å². The maximum Gasteiger partial charge on any atom is 0.406 e. The molecule has 1 aromatic rings. The van der Waals surface area contributed by atoms with Crippen LogP contribution in [0.3, 0.4) is 0 Å².